The Kier molecular flexibility index (Phi) is 3.86. The van der Waals surface area contributed by atoms with E-state index in [-0.39, 0.29) is 11.9 Å². The summed E-state index contributed by atoms with van der Waals surface area (Å²) >= 11 is 0. The van der Waals surface area contributed by atoms with Crippen molar-refractivity contribution in [3.05, 3.63) is 53.5 Å². The van der Waals surface area contributed by atoms with E-state index in [2.05, 4.69) is 30.2 Å². The van der Waals surface area contributed by atoms with Gasteiger partial charge in [-0.2, -0.15) is 5.10 Å². The van der Waals surface area contributed by atoms with Crippen LogP contribution >= 0.6 is 0 Å². The predicted molar refractivity (Wildman–Crippen MR) is 98.7 cm³/mol. The number of fused-ring (bicyclic) bond motifs is 1. The van der Waals surface area contributed by atoms with Crippen molar-refractivity contribution in [2.75, 3.05) is 6.54 Å². The molecule has 1 amide bonds. The molecule has 1 aromatic carbocycles. The molecule has 0 unspecified atom stereocenters. The van der Waals surface area contributed by atoms with E-state index in [9.17, 15) is 4.79 Å². The van der Waals surface area contributed by atoms with Gasteiger partial charge in [0.05, 0.1) is 18.3 Å². The number of rotatable bonds is 3. The molecule has 2 aromatic heterocycles. The summed E-state index contributed by atoms with van der Waals surface area (Å²) in [5.74, 6) is 0.128. The Labute approximate surface area is 147 Å². The third-order valence-corrected chi connectivity index (χ3v) is 5.30. The molecular weight excluding hydrogens is 312 g/mol. The summed E-state index contributed by atoms with van der Waals surface area (Å²) in [6.45, 7) is 5.68. The van der Waals surface area contributed by atoms with Crippen molar-refractivity contribution >= 4 is 16.8 Å². The first-order valence-electron chi connectivity index (χ1n) is 8.91. The van der Waals surface area contributed by atoms with Crippen LogP contribution in [0.4, 0.5) is 0 Å². The zero-order chi connectivity index (χ0) is 17.6. The monoisotopic (exact) mass is 336 g/mol. The normalized spacial score (nSPS) is 17.6. The highest BCUT2D eigenvalue weighted by atomic mass is 16.2. The highest BCUT2D eigenvalue weighted by Gasteiger charge is 2.31. The Morgan fingerprint density at radius 1 is 1.24 bits per heavy atom. The third kappa shape index (κ3) is 2.73. The maximum Gasteiger partial charge on any atom is 0.270 e. The van der Waals surface area contributed by atoms with Gasteiger partial charge in [-0.3, -0.25) is 9.48 Å². The van der Waals surface area contributed by atoms with Crippen molar-refractivity contribution < 1.29 is 4.79 Å². The lowest BCUT2D eigenvalue weighted by atomic mass is 10.2. The number of benzene rings is 1. The number of carbonyl (C=O) groups is 1. The van der Waals surface area contributed by atoms with E-state index < -0.39 is 0 Å². The zero-order valence-corrected chi connectivity index (χ0v) is 15.1. The molecule has 5 nitrogen and oxygen atoms in total. The Bertz CT molecular complexity index is 936. The van der Waals surface area contributed by atoms with Gasteiger partial charge < -0.3 is 9.47 Å². The molecule has 1 saturated heterocycles. The molecule has 4 rings (SSSR count). The van der Waals surface area contributed by atoms with E-state index in [0.717, 1.165) is 53.9 Å². The molecule has 1 atom stereocenters. The summed E-state index contributed by atoms with van der Waals surface area (Å²) in [7, 11) is 1.97. The number of aryl methyl sites for hydroxylation is 3. The molecule has 0 radical (unpaired) electrons. The van der Waals surface area contributed by atoms with E-state index >= 15 is 0 Å². The molecule has 0 spiro atoms. The standard InChI is InChI=1S/C20H24N4O/c1-14-11-15(2)24(21-14)13-17-8-6-10-23(17)20(25)19-12-16-7-4-5-9-18(16)22(19)3/h4-5,7,9,11-12,17H,6,8,10,13H2,1-3H3/t17-/m0/s1. The minimum Gasteiger partial charge on any atom is -0.340 e. The molecule has 1 fully saturated rings. The molecule has 25 heavy (non-hydrogen) atoms. The summed E-state index contributed by atoms with van der Waals surface area (Å²) < 4.78 is 4.05. The van der Waals surface area contributed by atoms with Crippen molar-refractivity contribution in [3.63, 3.8) is 0 Å². The van der Waals surface area contributed by atoms with Gasteiger partial charge in [-0.25, -0.2) is 0 Å². The van der Waals surface area contributed by atoms with Gasteiger partial charge in [-0.1, -0.05) is 18.2 Å². The average molecular weight is 336 g/mol. The van der Waals surface area contributed by atoms with E-state index in [1.165, 1.54) is 0 Å². The first-order valence-corrected chi connectivity index (χ1v) is 8.91. The van der Waals surface area contributed by atoms with E-state index in [1.54, 1.807) is 0 Å². The summed E-state index contributed by atoms with van der Waals surface area (Å²) in [4.78, 5) is 15.2. The minimum absolute atomic E-state index is 0.128. The number of aromatic nitrogens is 3. The van der Waals surface area contributed by atoms with E-state index in [0.29, 0.717) is 0 Å². The van der Waals surface area contributed by atoms with Gasteiger partial charge >= 0.3 is 0 Å². The molecule has 1 aliphatic heterocycles. The Hall–Kier alpha value is -2.56. The van der Waals surface area contributed by atoms with Crippen LogP contribution in [-0.4, -0.2) is 37.7 Å². The van der Waals surface area contributed by atoms with Gasteiger partial charge in [-0.05, 0) is 44.9 Å². The summed E-state index contributed by atoms with van der Waals surface area (Å²) in [6.07, 6.45) is 2.09. The predicted octanol–water partition coefficient (Wildman–Crippen LogP) is 3.30. The lowest BCUT2D eigenvalue weighted by Crippen LogP contribution is -2.39. The average Bonchev–Trinajstić information content (AvgIpc) is 3.27. The minimum atomic E-state index is 0.128. The molecule has 5 heteroatoms. The smallest absolute Gasteiger partial charge is 0.270 e. The van der Waals surface area contributed by atoms with Crippen molar-refractivity contribution in [1.82, 2.24) is 19.2 Å². The van der Waals surface area contributed by atoms with Crippen molar-refractivity contribution in [1.29, 1.82) is 0 Å². The Balaban J connectivity index is 1.61. The summed E-state index contributed by atoms with van der Waals surface area (Å²) in [5.41, 5.74) is 4.05. The molecular formula is C20H24N4O. The van der Waals surface area contributed by atoms with Crippen molar-refractivity contribution in [3.8, 4) is 0 Å². The van der Waals surface area contributed by atoms with Crippen LogP contribution < -0.4 is 0 Å². The second-order valence-electron chi connectivity index (χ2n) is 7.05. The first kappa shape index (κ1) is 15.9. The second-order valence-corrected chi connectivity index (χ2v) is 7.05. The number of nitrogens with zero attached hydrogens (tertiary/aromatic N) is 4. The molecule has 0 bridgehead atoms. The van der Waals surface area contributed by atoms with Crippen LogP contribution in [0.1, 0.15) is 34.7 Å². The van der Waals surface area contributed by atoms with Gasteiger partial charge in [0.1, 0.15) is 5.69 Å². The Morgan fingerprint density at radius 3 is 2.76 bits per heavy atom. The SMILES string of the molecule is Cc1cc(C)n(C[C@@H]2CCCN2C(=O)c2cc3ccccc3n2C)n1. The lowest BCUT2D eigenvalue weighted by Gasteiger charge is -2.25. The maximum absolute atomic E-state index is 13.2. The molecule has 0 saturated carbocycles. The highest BCUT2D eigenvalue weighted by molar-refractivity contribution is 5.99. The van der Waals surface area contributed by atoms with Gasteiger partial charge in [0.25, 0.3) is 5.91 Å². The Morgan fingerprint density at radius 2 is 2.04 bits per heavy atom. The van der Waals surface area contributed by atoms with Crippen LogP contribution in [0.3, 0.4) is 0 Å². The summed E-state index contributed by atoms with van der Waals surface area (Å²) in [6, 6.07) is 12.5. The molecule has 130 valence electrons. The van der Waals surface area contributed by atoms with Gasteiger partial charge in [0.15, 0.2) is 0 Å². The van der Waals surface area contributed by atoms with Crippen molar-refractivity contribution in [2.24, 2.45) is 7.05 Å². The van der Waals surface area contributed by atoms with Crippen LogP contribution in [0.25, 0.3) is 10.9 Å². The van der Waals surface area contributed by atoms with Crippen LogP contribution in [-0.2, 0) is 13.6 Å². The number of hydrogen-bond donors (Lipinski definition) is 0. The van der Waals surface area contributed by atoms with Crippen LogP contribution in [0.5, 0.6) is 0 Å². The third-order valence-electron chi connectivity index (χ3n) is 5.30. The lowest BCUT2D eigenvalue weighted by molar-refractivity contribution is 0.0712. The largest absolute Gasteiger partial charge is 0.340 e. The second kappa shape index (κ2) is 6.06. The zero-order valence-electron chi connectivity index (χ0n) is 15.1. The summed E-state index contributed by atoms with van der Waals surface area (Å²) in [5, 5.41) is 5.68. The van der Waals surface area contributed by atoms with Crippen LogP contribution in [0, 0.1) is 13.8 Å². The van der Waals surface area contributed by atoms with Gasteiger partial charge in [0.2, 0.25) is 0 Å². The fraction of sp³-hybridized carbons (Fsp3) is 0.400. The number of hydrogen-bond acceptors (Lipinski definition) is 2. The van der Waals surface area contributed by atoms with Gasteiger partial charge in [0, 0.05) is 30.2 Å². The molecule has 0 N–H and O–H groups in total. The van der Waals surface area contributed by atoms with E-state index in [1.807, 2.05) is 46.3 Å². The fourth-order valence-electron chi connectivity index (χ4n) is 3.99. The highest BCUT2D eigenvalue weighted by Crippen LogP contribution is 2.25. The topological polar surface area (TPSA) is 43.1 Å². The molecule has 3 aromatic rings. The number of amides is 1. The molecule has 3 heterocycles. The molecule has 0 aliphatic carbocycles. The van der Waals surface area contributed by atoms with Gasteiger partial charge in [-0.15, -0.1) is 0 Å². The molecule has 1 aliphatic rings. The van der Waals surface area contributed by atoms with E-state index in [4.69, 9.17) is 0 Å². The quantitative estimate of drug-likeness (QED) is 0.736. The maximum atomic E-state index is 13.2. The van der Waals surface area contributed by atoms with Crippen molar-refractivity contribution in [2.45, 2.75) is 39.3 Å². The number of carbonyl (C=O) groups excluding carboxylic acids is 1. The first-order chi connectivity index (χ1) is 12.0. The van der Waals surface area contributed by atoms with Crippen LogP contribution in [0.15, 0.2) is 36.4 Å². The number of likely N-dealkylation sites (tertiary alicyclic amines) is 1. The fourth-order valence-corrected chi connectivity index (χ4v) is 3.99. The van der Waals surface area contributed by atoms with Crippen LogP contribution in [0.2, 0.25) is 0 Å². The number of para-hydroxylation sites is 1.